The summed E-state index contributed by atoms with van der Waals surface area (Å²) in [4.78, 5) is 20.2. The molecule has 3 rings (SSSR count). The highest BCUT2D eigenvalue weighted by Crippen LogP contribution is 2.28. The zero-order valence-corrected chi connectivity index (χ0v) is 13.9. The highest BCUT2D eigenvalue weighted by atomic mass is 19.1. The van der Waals surface area contributed by atoms with E-state index in [9.17, 15) is 18.0 Å². The van der Waals surface area contributed by atoms with Crippen LogP contribution in [0.3, 0.4) is 0 Å². The Morgan fingerprint density at radius 3 is 2.69 bits per heavy atom. The number of ether oxygens (including phenoxy) is 1. The summed E-state index contributed by atoms with van der Waals surface area (Å²) in [7, 11) is 0. The van der Waals surface area contributed by atoms with Gasteiger partial charge in [-0.05, 0) is 43.2 Å². The van der Waals surface area contributed by atoms with Gasteiger partial charge in [0, 0.05) is 29.6 Å². The number of aryl methyl sites for hydroxylation is 1. The lowest BCUT2D eigenvalue weighted by Crippen LogP contribution is -2.24. The first-order valence-corrected chi connectivity index (χ1v) is 7.66. The Bertz CT molecular complexity index is 1020. The molecule has 7 heteroatoms. The van der Waals surface area contributed by atoms with Crippen LogP contribution in [-0.2, 0) is 16.1 Å². The van der Waals surface area contributed by atoms with Gasteiger partial charge >= 0.3 is 0 Å². The maximum atomic E-state index is 13.9. The second-order valence-corrected chi connectivity index (χ2v) is 5.76. The number of aromatic nitrogens is 1. The molecule has 0 aliphatic carbocycles. The molecule has 1 aliphatic heterocycles. The van der Waals surface area contributed by atoms with Gasteiger partial charge in [-0.25, -0.2) is 18.8 Å². The lowest BCUT2D eigenvalue weighted by Gasteiger charge is -2.21. The second-order valence-electron chi connectivity index (χ2n) is 5.76. The maximum absolute atomic E-state index is 13.9. The highest BCUT2D eigenvalue weighted by molar-refractivity contribution is 6.15. The van der Waals surface area contributed by atoms with Gasteiger partial charge in [-0.3, -0.25) is 4.79 Å². The van der Waals surface area contributed by atoms with Crippen LogP contribution in [0.2, 0.25) is 0 Å². The molecule has 0 amide bonds. The Hall–Kier alpha value is -2.96. The van der Waals surface area contributed by atoms with Gasteiger partial charge in [-0.2, -0.15) is 4.39 Å². The van der Waals surface area contributed by atoms with Crippen LogP contribution >= 0.6 is 0 Å². The molecule has 2 heterocycles. The number of pyridine rings is 1. The molecule has 1 aromatic heterocycles. The summed E-state index contributed by atoms with van der Waals surface area (Å²) in [6.45, 7) is 0.498. The van der Waals surface area contributed by atoms with Gasteiger partial charge in [-0.1, -0.05) is 0 Å². The Kier molecular flexibility index (Phi) is 4.19. The highest BCUT2D eigenvalue weighted by Gasteiger charge is 2.28. The van der Waals surface area contributed by atoms with Crippen molar-refractivity contribution in [1.29, 1.82) is 0 Å². The molecule has 0 saturated heterocycles. The van der Waals surface area contributed by atoms with E-state index in [1.807, 2.05) is 0 Å². The van der Waals surface area contributed by atoms with Gasteiger partial charge < -0.3 is 4.74 Å². The van der Waals surface area contributed by atoms with Crippen LogP contribution in [0, 0.1) is 24.5 Å². The Balaban J connectivity index is 1.89. The molecule has 0 bridgehead atoms. The Morgan fingerprint density at radius 1 is 1.23 bits per heavy atom. The number of rotatable bonds is 4. The van der Waals surface area contributed by atoms with Gasteiger partial charge in [0.1, 0.15) is 18.2 Å². The van der Waals surface area contributed by atoms with E-state index in [1.54, 1.807) is 6.92 Å². The topological polar surface area (TPSA) is 51.5 Å². The monoisotopic (exact) mass is 362 g/mol. The summed E-state index contributed by atoms with van der Waals surface area (Å²) in [5.74, 6) is -4.45. The van der Waals surface area contributed by atoms with Crippen LogP contribution in [-0.4, -0.2) is 16.5 Å². The SMILES string of the molecule is [2H]C([2H])(OC1=CC(=O)C(c2cc(F)ncc2C)C(C)=N1)c1ccc(F)cc1F. The molecule has 1 unspecified atom stereocenters. The Labute approximate surface area is 150 Å². The maximum Gasteiger partial charge on any atom is 0.217 e. The van der Waals surface area contributed by atoms with Crippen molar-refractivity contribution in [3.63, 3.8) is 0 Å². The molecule has 2 aromatic rings. The van der Waals surface area contributed by atoms with Crippen LogP contribution in [0.25, 0.3) is 0 Å². The fourth-order valence-electron chi connectivity index (χ4n) is 2.62. The third kappa shape index (κ3) is 3.66. The third-order valence-electron chi connectivity index (χ3n) is 3.87. The second kappa shape index (κ2) is 7.11. The molecule has 134 valence electrons. The van der Waals surface area contributed by atoms with Crippen molar-refractivity contribution in [1.82, 2.24) is 4.98 Å². The minimum atomic E-state index is -2.70. The van der Waals surface area contributed by atoms with E-state index in [2.05, 4.69) is 9.98 Å². The summed E-state index contributed by atoms with van der Waals surface area (Å²) < 4.78 is 61.4. The van der Waals surface area contributed by atoms with Crippen molar-refractivity contribution >= 4 is 11.5 Å². The van der Waals surface area contributed by atoms with Crippen molar-refractivity contribution in [3.05, 3.63) is 76.7 Å². The smallest absolute Gasteiger partial charge is 0.217 e. The predicted molar refractivity (Wildman–Crippen MR) is 89.0 cm³/mol. The van der Waals surface area contributed by atoms with E-state index >= 15 is 0 Å². The van der Waals surface area contributed by atoms with E-state index in [0.717, 1.165) is 24.3 Å². The van der Waals surface area contributed by atoms with Crippen molar-refractivity contribution in [2.45, 2.75) is 26.3 Å². The van der Waals surface area contributed by atoms with Crippen molar-refractivity contribution in [2.24, 2.45) is 4.99 Å². The lowest BCUT2D eigenvalue weighted by molar-refractivity contribution is -0.115. The zero-order chi connectivity index (χ0) is 20.6. The fraction of sp³-hybridized carbons (Fsp3) is 0.211. The molecule has 0 fully saturated rings. The molecular weight excluding hydrogens is 345 g/mol. The lowest BCUT2D eigenvalue weighted by atomic mass is 9.87. The van der Waals surface area contributed by atoms with Gasteiger partial charge in [-0.15, -0.1) is 0 Å². The summed E-state index contributed by atoms with van der Waals surface area (Å²) in [5, 5.41) is 0. The third-order valence-corrected chi connectivity index (χ3v) is 3.87. The number of benzene rings is 1. The van der Waals surface area contributed by atoms with Crippen molar-refractivity contribution in [3.8, 4) is 0 Å². The first kappa shape index (κ1) is 15.3. The summed E-state index contributed by atoms with van der Waals surface area (Å²) in [6, 6.07) is 3.48. The molecule has 1 atom stereocenters. The number of ketones is 1. The molecule has 0 N–H and O–H groups in total. The number of carbonyl (C=O) groups is 1. The number of hydrogen-bond donors (Lipinski definition) is 0. The number of allylic oxidation sites excluding steroid dienone is 1. The molecular formula is C19H15F3N2O2. The first-order valence-electron chi connectivity index (χ1n) is 8.66. The largest absolute Gasteiger partial charge is 0.473 e. The average Bonchev–Trinajstić information content (AvgIpc) is 2.56. The molecule has 1 aliphatic rings. The normalized spacial score (nSPS) is 18.7. The molecule has 26 heavy (non-hydrogen) atoms. The van der Waals surface area contributed by atoms with Crippen LogP contribution in [0.1, 0.15) is 32.3 Å². The molecule has 1 aromatic carbocycles. The molecule has 0 radical (unpaired) electrons. The predicted octanol–water partition coefficient (Wildman–Crippen LogP) is 3.99. The minimum Gasteiger partial charge on any atom is -0.473 e. The summed E-state index contributed by atoms with van der Waals surface area (Å²) in [6.07, 6.45) is 2.27. The number of nitrogens with zero attached hydrogens (tertiary/aromatic N) is 2. The van der Waals surface area contributed by atoms with Gasteiger partial charge in [0.15, 0.2) is 5.78 Å². The van der Waals surface area contributed by atoms with Gasteiger partial charge in [0.05, 0.1) is 8.66 Å². The van der Waals surface area contributed by atoms with E-state index in [4.69, 9.17) is 7.48 Å². The molecule has 0 spiro atoms. The molecule has 0 saturated carbocycles. The van der Waals surface area contributed by atoms with Crippen LogP contribution < -0.4 is 0 Å². The van der Waals surface area contributed by atoms with Gasteiger partial charge in [0.2, 0.25) is 11.8 Å². The number of aliphatic imine (C=N–C) groups is 1. The minimum absolute atomic E-state index is 0.256. The number of carbonyl (C=O) groups excluding carboxylic acids is 1. The standard InChI is InChI=1S/C19H15F3N2O2/c1-10-8-23-17(22)6-14(10)19-11(2)24-18(7-16(19)25)26-9-12-3-4-13(20)5-15(12)21/h3-8,19H,9H2,1-2H3/i9D2. The van der Waals surface area contributed by atoms with Crippen molar-refractivity contribution < 1.29 is 25.4 Å². The van der Waals surface area contributed by atoms with E-state index in [-0.39, 0.29) is 11.6 Å². The number of halogens is 3. The fourth-order valence-corrected chi connectivity index (χ4v) is 2.62. The summed E-state index contributed by atoms with van der Waals surface area (Å²) in [5.41, 5.74) is 0.702. The quantitative estimate of drug-likeness (QED) is 0.773. The van der Waals surface area contributed by atoms with Gasteiger partial charge in [0.25, 0.3) is 0 Å². The van der Waals surface area contributed by atoms with E-state index in [1.165, 1.54) is 13.1 Å². The van der Waals surface area contributed by atoms with E-state index in [0.29, 0.717) is 17.2 Å². The van der Waals surface area contributed by atoms with E-state index < -0.39 is 41.4 Å². The summed E-state index contributed by atoms with van der Waals surface area (Å²) >= 11 is 0. The van der Waals surface area contributed by atoms with Crippen molar-refractivity contribution in [2.75, 3.05) is 0 Å². The van der Waals surface area contributed by atoms with Crippen LogP contribution in [0.15, 0.2) is 47.4 Å². The van der Waals surface area contributed by atoms with Crippen LogP contribution in [0.5, 0.6) is 0 Å². The Morgan fingerprint density at radius 2 is 2.00 bits per heavy atom. The molecule has 4 nitrogen and oxygen atoms in total. The average molecular weight is 362 g/mol. The first-order chi connectivity index (χ1) is 13.1. The number of hydrogen-bond acceptors (Lipinski definition) is 4. The van der Waals surface area contributed by atoms with Crippen LogP contribution in [0.4, 0.5) is 13.2 Å². The zero-order valence-electron chi connectivity index (χ0n) is 15.9.